The van der Waals surface area contributed by atoms with Crippen LogP contribution in [0, 0.1) is 0 Å². The first-order chi connectivity index (χ1) is 11.8. The van der Waals surface area contributed by atoms with Crippen LogP contribution in [-0.2, 0) is 0 Å². The van der Waals surface area contributed by atoms with Crippen molar-refractivity contribution in [1.29, 1.82) is 0 Å². The third-order valence-corrected chi connectivity index (χ3v) is 4.21. The van der Waals surface area contributed by atoms with E-state index in [0.29, 0.717) is 22.8 Å². The van der Waals surface area contributed by atoms with Crippen molar-refractivity contribution in [2.45, 2.75) is 0 Å². The van der Waals surface area contributed by atoms with Crippen LogP contribution in [0.5, 0.6) is 0 Å². The van der Waals surface area contributed by atoms with Crippen molar-refractivity contribution in [3.63, 3.8) is 0 Å². The van der Waals surface area contributed by atoms with Crippen LogP contribution in [0.3, 0.4) is 0 Å². The number of hydrogen-bond donors (Lipinski definition) is 1. The smallest absolute Gasteiger partial charge is 0.258 e. The van der Waals surface area contributed by atoms with Crippen LogP contribution in [0.25, 0.3) is 21.7 Å². The second-order valence-electron chi connectivity index (χ2n) is 5.00. The van der Waals surface area contributed by atoms with Crippen LogP contribution in [0.15, 0.2) is 60.5 Å². The molecule has 1 amide bonds. The summed E-state index contributed by atoms with van der Waals surface area (Å²) in [6, 6.07) is 11.1. The monoisotopic (exact) mass is 333 g/mol. The van der Waals surface area contributed by atoms with E-state index in [9.17, 15) is 4.79 Å². The third-order valence-electron chi connectivity index (χ3n) is 3.40. The summed E-state index contributed by atoms with van der Waals surface area (Å²) >= 11 is 1.56. The fraction of sp³-hybridized carbons (Fsp3) is 0. The number of fused-ring (bicyclic) bond motifs is 1. The quantitative estimate of drug-likeness (QED) is 0.621. The molecule has 116 valence electrons. The molecule has 4 rings (SSSR count). The van der Waals surface area contributed by atoms with E-state index in [0.717, 1.165) is 10.2 Å². The first-order valence-corrected chi connectivity index (χ1v) is 8.05. The highest BCUT2D eigenvalue weighted by atomic mass is 32.1. The Hall–Kier alpha value is -3.19. The van der Waals surface area contributed by atoms with Crippen molar-refractivity contribution in [2.24, 2.45) is 0 Å². The molecule has 4 aromatic rings. The molecule has 6 nitrogen and oxygen atoms in total. The van der Waals surface area contributed by atoms with Gasteiger partial charge in [0.2, 0.25) is 0 Å². The first-order valence-electron chi connectivity index (χ1n) is 7.18. The van der Waals surface area contributed by atoms with Crippen LogP contribution in [0.4, 0.5) is 5.69 Å². The third kappa shape index (κ3) is 2.84. The van der Waals surface area contributed by atoms with Crippen LogP contribution in [0.1, 0.15) is 10.4 Å². The molecule has 0 radical (unpaired) electrons. The summed E-state index contributed by atoms with van der Waals surface area (Å²) in [6.07, 6.45) is 4.66. The van der Waals surface area contributed by atoms with Crippen molar-refractivity contribution in [3.05, 3.63) is 66.1 Å². The summed E-state index contributed by atoms with van der Waals surface area (Å²) in [5.74, 6) is 0.216. The van der Waals surface area contributed by atoms with Crippen molar-refractivity contribution in [1.82, 2.24) is 19.9 Å². The molecular formula is C17H11N5OS. The van der Waals surface area contributed by atoms with Gasteiger partial charge in [0, 0.05) is 24.3 Å². The summed E-state index contributed by atoms with van der Waals surface area (Å²) in [6.45, 7) is 0. The molecular weight excluding hydrogens is 322 g/mol. The van der Waals surface area contributed by atoms with Crippen molar-refractivity contribution in [3.8, 4) is 11.5 Å². The van der Waals surface area contributed by atoms with E-state index in [2.05, 4.69) is 25.3 Å². The van der Waals surface area contributed by atoms with Crippen molar-refractivity contribution >= 4 is 33.1 Å². The largest absolute Gasteiger partial charge is 0.322 e. The predicted octanol–water partition coefficient (Wildman–Crippen LogP) is 3.40. The summed E-state index contributed by atoms with van der Waals surface area (Å²) in [5, 5.41) is 2.83. The number of nitrogens with zero attached hydrogens (tertiary/aromatic N) is 4. The van der Waals surface area contributed by atoms with Crippen LogP contribution < -0.4 is 5.32 Å². The Morgan fingerprint density at radius 3 is 2.67 bits per heavy atom. The fourth-order valence-electron chi connectivity index (χ4n) is 2.21. The van der Waals surface area contributed by atoms with E-state index >= 15 is 0 Å². The maximum atomic E-state index is 12.3. The number of anilines is 1. The van der Waals surface area contributed by atoms with Gasteiger partial charge in [-0.2, -0.15) is 0 Å². The second kappa shape index (κ2) is 6.13. The Morgan fingerprint density at radius 2 is 1.88 bits per heavy atom. The van der Waals surface area contributed by atoms with Crippen molar-refractivity contribution < 1.29 is 4.79 Å². The summed E-state index contributed by atoms with van der Waals surface area (Å²) in [5.41, 5.74) is 4.37. The highest BCUT2D eigenvalue weighted by Gasteiger charge is 2.09. The number of benzene rings is 1. The molecule has 0 saturated carbocycles. The number of aromatic nitrogens is 4. The van der Waals surface area contributed by atoms with Gasteiger partial charge in [-0.25, -0.2) is 15.0 Å². The Bertz CT molecular complexity index is 998. The Balaban J connectivity index is 1.53. The highest BCUT2D eigenvalue weighted by Crippen LogP contribution is 2.21. The number of rotatable bonds is 3. The molecule has 7 heteroatoms. The molecule has 0 spiro atoms. The topological polar surface area (TPSA) is 80.7 Å². The normalized spacial score (nSPS) is 10.7. The van der Waals surface area contributed by atoms with Gasteiger partial charge in [0.1, 0.15) is 5.69 Å². The van der Waals surface area contributed by atoms with Gasteiger partial charge < -0.3 is 5.32 Å². The molecule has 3 heterocycles. The average molecular weight is 333 g/mol. The minimum atomic E-state index is -0.267. The van der Waals surface area contributed by atoms with Crippen LogP contribution in [-0.4, -0.2) is 25.8 Å². The molecule has 1 aromatic carbocycles. The van der Waals surface area contributed by atoms with E-state index in [-0.39, 0.29) is 5.91 Å². The van der Waals surface area contributed by atoms with Crippen molar-refractivity contribution in [2.75, 3.05) is 5.32 Å². The lowest BCUT2D eigenvalue weighted by Gasteiger charge is -2.05. The molecule has 0 aliphatic rings. The average Bonchev–Trinajstić information content (AvgIpc) is 3.10. The minimum Gasteiger partial charge on any atom is -0.322 e. The van der Waals surface area contributed by atoms with Gasteiger partial charge in [-0.15, -0.1) is 11.3 Å². The van der Waals surface area contributed by atoms with E-state index < -0.39 is 0 Å². The number of pyridine rings is 1. The number of amides is 1. The van der Waals surface area contributed by atoms with E-state index in [1.165, 1.54) is 12.4 Å². The van der Waals surface area contributed by atoms with E-state index in [4.69, 9.17) is 0 Å². The zero-order chi connectivity index (χ0) is 16.4. The van der Waals surface area contributed by atoms with Crippen LogP contribution in [0.2, 0.25) is 0 Å². The predicted molar refractivity (Wildman–Crippen MR) is 92.8 cm³/mol. The summed E-state index contributed by atoms with van der Waals surface area (Å²) < 4.78 is 1.08. The zero-order valence-corrected chi connectivity index (χ0v) is 13.2. The maximum absolute atomic E-state index is 12.3. The van der Waals surface area contributed by atoms with Crippen LogP contribution >= 0.6 is 11.3 Å². The molecule has 3 aromatic heterocycles. The number of nitrogens with one attached hydrogen (secondary N) is 1. The molecule has 0 aliphatic carbocycles. The van der Waals surface area contributed by atoms with Gasteiger partial charge in [-0.05, 0) is 30.3 Å². The molecule has 0 atom stereocenters. The molecule has 0 bridgehead atoms. The molecule has 1 N–H and O–H groups in total. The fourth-order valence-corrected chi connectivity index (χ4v) is 2.87. The maximum Gasteiger partial charge on any atom is 0.258 e. The lowest BCUT2D eigenvalue weighted by Crippen LogP contribution is -2.12. The SMILES string of the molecule is O=C(Nc1ccc2scnc2c1)c1cnc(-c2ccccn2)nc1. The number of hydrogen-bond acceptors (Lipinski definition) is 6. The Kier molecular flexibility index (Phi) is 3.68. The summed E-state index contributed by atoms with van der Waals surface area (Å²) in [4.78, 5) is 29.2. The minimum absolute atomic E-state index is 0.267. The molecule has 24 heavy (non-hydrogen) atoms. The van der Waals surface area contributed by atoms with Gasteiger partial charge in [-0.3, -0.25) is 9.78 Å². The summed E-state index contributed by atoms with van der Waals surface area (Å²) in [7, 11) is 0. The van der Waals surface area contributed by atoms with Gasteiger partial charge in [0.15, 0.2) is 5.82 Å². The number of thiazole rings is 1. The van der Waals surface area contributed by atoms with Gasteiger partial charge in [-0.1, -0.05) is 6.07 Å². The molecule has 0 fully saturated rings. The molecule has 0 aliphatic heterocycles. The number of carbonyl (C=O) groups is 1. The van der Waals surface area contributed by atoms with Gasteiger partial charge >= 0.3 is 0 Å². The second-order valence-corrected chi connectivity index (χ2v) is 5.89. The van der Waals surface area contributed by atoms with E-state index in [1.807, 2.05) is 36.4 Å². The Labute approximate surface area is 141 Å². The number of carbonyl (C=O) groups excluding carboxylic acids is 1. The highest BCUT2D eigenvalue weighted by molar-refractivity contribution is 7.16. The first kappa shape index (κ1) is 14.4. The lowest BCUT2D eigenvalue weighted by molar-refractivity contribution is 0.102. The zero-order valence-electron chi connectivity index (χ0n) is 12.4. The molecule has 0 unspecified atom stereocenters. The standard InChI is InChI=1S/C17H11N5OS/c23-17(22-12-4-5-15-14(7-12)21-10-24-15)11-8-19-16(20-9-11)13-3-1-2-6-18-13/h1-10H,(H,22,23). The van der Waals surface area contributed by atoms with Gasteiger partial charge in [0.25, 0.3) is 5.91 Å². The lowest BCUT2D eigenvalue weighted by atomic mass is 10.2. The van der Waals surface area contributed by atoms with E-state index in [1.54, 1.807) is 23.0 Å². The molecule has 0 saturated heterocycles. The Morgan fingerprint density at radius 1 is 1.00 bits per heavy atom. The van der Waals surface area contributed by atoms with Gasteiger partial charge in [0.05, 0.1) is 21.3 Å².